The average molecular weight is 459 g/mol. The minimum Gasteiger partial charge on any atom is -0.497 e. The van der Waals surface area contributed by atoms with Gasteiger partial charge in [0.1, 0.15) is 29.3 Å². The highest BCUT2D eigenvalue weighted by molar-refractivity contribution is 5.27. The maximum Gasteiger partial charge on any atom is 0.190 e. The third-order valence-corrected chi connectivity index (χ3v) is 6.22. The average Bonchev–Trinajstić information content (AvgIpc) is 3.27. The van der Waals surface area contributed by atoms with Gasteiger partial charge in [-0.05, 0) is 55.7 Å². The van der Waals surface area contributed by atoms with Crippen molar-refractivity contribution in [3.8, 4) is 11.5 Å². The summed E-state index contributed by atoms with van der Waals surface area (Å²) in [5, 5.41) is 0. The number of benzene rings is 2. The van der Waals surface area contributed by atoms with Gasteiger partial charge in [-0.25, -0.2) is 0 Å². The molecule has 2 aromatic carbocycles. The summed E-state index contributed by atoms with van der Waals surface area (Å²) in [4.78, 5) is 0. The largest absolute Gasteiger partial charge is 0.497 e. The van der Waals surface area contributed by atoms with Gasteiger partial charge in [-0.2, -0.15) is 0 Å². The molecule has 180 valence electrons. The molecule has 4 rings (SSSR count). The number of fused-ring (bicyclic) bond motifs is 1. The van der Waals surface area contributed by atoms with E-state index in [2.05, 4.69) is 6.92 Å². The lowest BCUT2D eigenvalue weighted by Crippen LogP contribution is -2.49. The highest BCUT2D eigenvalue weighted by Gasteiger charge is 2.62. The van der Waals surface area contributed by atoms with E-state index in [1.807, 2.05) is 62.4 Å². The van der Waals surface area contributed by atoms with Crippen molar-refractivity contribution in [3.05, 3.63) is 59.7 Å². The summed E-state index contributed by atoms with van der Waals surface area (Å²) in [7, 11) is 3.31. The molecule has 0 saturated carbocycles. The Morgan fingerprint density at radius 2 is 1.36 bits per heavy atom. The predicted octanol–water partition coefficient (Wildman–Crippen LogP) is 4.46. The van der Waals surface area contributed by atoms with E-state index in [0.29, 0.717) is 26.2 Å². The van der Waals surface area contributed by atoms with Crippen LogP contribution in [0.1, 0.15) is 38.3 Å². The van der Waals surface area contributed by atoms with Crippen LogP contribution < -0.4 is 9.47 Å². The van der Waals surface area contributed by atoms with Gasteiger partial charge in [0.25, 0.3) is 0 Å². The van der Waals surface area contributed by atoms with E-state index < -0.39 is 17.7 Å². The predicted molar refractivity (Wildman–Crippen MR) is 122 cm³/mol. The normalized spacial score (nSPS) is 28.0. The van der Waals surface area contributed by atoms with Crippen LogP contribution in [0.2, 0.25) is 0 Å². The number of ether oxygens (including phenoxy) is 7. The molecule has 0 bridgehead atoms. The second-order valence-electron chi connectivity index (χ2n) is 8.93. The van der Waals surface area contributed by atoms with Crippen molar-refractivity contribution >= 4 is 0 Å². The molecule has 4 atom stereocenters. The van der Waals surface area contributed by atoms with Gasteiger partial charge < -0.3 is 33.2 Å². The number of rotatable bonds is 10. The van der Waals surface area contributed by atoms with Crippen molar-refractivity contribution in [1.82, 2.24) is 0 Å². The summed E-state index contributed by atoms with van der Waals surface area (Å²) in [6.07, 6.45) is -0.469. The maximum absolute atomic E-state index is 6.44. The van der Waals surface area contributed by atoms with Crippen LogP contribution in [0.4, 0.5) is 0 Å². The second kappa shape index (κ2) is 9.99. The molecule has 2 saturated heterocycles. The Bertz CT molecular complexity index is 896. The van der Waals surface area contributed by atoms with Crippen LogP contribution in [0.25, 0.3) is 0 Å². The van der Waals surface area contributed by atoms with Crippen LogP contribution >= 0.6 is 0 Å². The first-order chi connectivity index (χ1) is 15.9. The zero-order chi connectivity index (χ0) is 23.5. The van der Waals surface area contributed by atoms with E-state index >= 15 is 0 Å². The first-order valence-electron chi connectivity index (χ1n) is 11.4. The Balaban J connectivity index is 1.45. The van der Waals surface area contributed by atoms with Crippen molar-refractivity contribution in [2.45, 2.75) is 70.3 Å². The summed E-state index contributed by atoms with van der Waals surface area (Å²) >= 11 is 0. The SMILES string of the molecule is CC[C@]1(COCc2ccc(OC)cc2)O[C@H]2OC(C)(C)O[C@H]2C1OCc1ccc(OC)cc1. The molecule has 33 heavy (non-hydrogen) atoms. The molecule has 0 aromatic heterocycles. The highest BCUT2D eigenvalue weighted by Crippen LogP contribution is 2.45. The van der Waals surface area contributed by atoms with Crippen molar-refractivity contribution in [3.63, 3.8) is 0 Å². The van der Waals surface area contributed by atoms with E-state index in [9.17, 15) is 0 Å². The number of methoxy groups -OCH3 is 2. The second-order valence-corrected chi connectivity index (χ2v) is 8.93. The Morgan fingerprint density at radius 1 is 0.788 bits per heavy atom. The minimum atomic E-state index is -0.721. The van der Waals surface area contributed by atoms with Crippen LogP contribution in [0.15, 0.2) is 48.5 Å². The minimum absolute atomic E-state index is 0.331. The first kappa shape index (κ1) is 24.0. The number of hydrogen-bond acceptors (Lipinski definition) is 7. The van der Waals surface area contributed by atoms with E-state index in [4.69, 9.17) is 33.2 Å². The zero-order valence-electron chi connectivity index (χ0n) is 20.0. The van der Waals surface area contributed by atoms with Gasteiger partial charge in [-0.15, -0.1) is 0 Å². The molecule has 0 spiro atoms. The first-order valence-corrected chi connectivity index (χ1v) is 11.4. The van der Waals surface area contributed by atoms with Gasteiger partial charge in [0.05, 0.1) is 34.0 Å². The van der Waals surface area contributed by atoms with Gasteiger partial charge in [0, 0.05) is 0 Å². The molecule has 2 heterocycles. The van der Waals surface area contributed by atoms with Crippen molar-refractivity contribution < 1.29 is 33.2 Å². The lowest BCUT2D eigenvalue weighted by atomic mass is 9.93. The quantitative estimate of drug-likeness (QED) is 0.521. The molecule has 0 amide bonds. The van der Waals surface area contributed by atoms with Crippen molar-refractivity contribution in [2.24, 2.45) is 0 Å². The summed E-state index contributed by atoms with van der Waals surface area (Å²) in [5.74, 6) is 0.910. The van der Waals surface area contributed by atoms with E-state index in [1.54, 1.807) is 14.2 Å². The molecule has 0 radical (unpaired) electrons. The third kappa shape index (κ3) is 5.34. The molecule has 1 unspecified atom stereocenters. The monoisotopic (exact) mass is 458 g/mol. The maximum atomic E-state index is 6.44. The Morgan fingerprint density at radius 3 is 1.91 bits per heavy atom. The molecule has 7 heteroatoms. The van der Waals surface area contributed by atoms with Crippen molar-refractivity contribution in [1.29, 1.82) is 0 Å². The van der Waals surface area contributed by atoms with Gasteiger partial charge >= 0.3 is 0 Å². The number of hydrogen-bond donors (Lipinski definition) is 0. The smallest absolute Gasteiger partial charge is 0.190 e. The van der Waals surface area contributed by atoms with E-state index in [0.717, 1.165) is 22.6 Å². The molecule has 2 fully saturated rings. The van der Waals surface area contributed by atoms with Crippen LogP contribution in [0, 0.1) is 0 Å². The molecule has 2 aliphatic rings. The molecular weight excluding hydrogens is 424 g/mol. The van der Waals surface area contributed by atoms with Crippen LogP contribution in [0.3, 0.4) is 0 Å². The molecule has 7 nitrogen and oxygen atoms in total. The molecular formula is C26H34O7. The van der Waals surface area contributed by atoms with E-state index in [-0.39, 0.29) is 12.2 Å². The standard InChI is InChI=1S/C26H34O7/c1-6-26(17-29-15-18-7-11-20(27-4)12-8-18)23(22-24(33-26)32-25(2,3)31-22)30-16-19-9-13-21(28-5)14-10-19/h7-14,22-24H,6,15-17H2,1-5H3/t22-,23?,24+,26+/m0/s1. The lowest BCUT2D eigenvalue weighted by molar-refractivity contribution is -0.255. The summed E-state index contributed by atoms with van der Waals surface area (Å²) in [5.41, 5.74) is 1.43. The van der Waals surface area contributed by atoms with Crippen LogP contribution in [0.5, 0.6) is 11.5 Å². The van der Waals surface area contributed by atoms with Gasteiger partial charge in [-0.3, -0.25) is 0 Å². The fraction of sp³-hybridized carbons (Fsp3) is 0.538. The Labute approximate surface area is 195 Å². The van der Waals surface area contributed by atoms with Crippen LogP contribution in [-0.4, -0.2) is 50.7 Å². The van der Waals surface area contributed by atoms with Crippen LogP contribution in [-0.2, 0) is 36.9 Å². The summed E-state index contributed by atoms with van der Waals surface area (Å²) in [6.45, 7) is 7.11. The Hall–Kier alpha value is -2.16. The third-order valence-electron chi connectivity index (χ3n) is 6.22. The molecule has 0 aliphatic carbocycles. The lowest BCUT2D eigenvalue weighted by Gasteiger charge is -2.36. The molecule has 0 N–H and O–H groups in total. The molecule has 2 aliphatic heterocycles. The topological polar surface area (TPSA) is 64.6 Å². The fourth-order valence-electron chi connectivity index (χ4n) is 4.37. The van der Waals surface area contributed by atoms with Gasteiger partial charge in [0.2, 0.25) is 0 Å². The van der Waals surface area contributed by atoms with E-state index in [1.165, 1.54) is 0 Å². The molecule has 2 aromatic rings. The Kier molecular flexibility index (Phi) is 7.26. The summed E-state index contributed by atoms with van der Waals surface area (Å²) in [6, 6.07) is 15.7. The highest BCUT2D eigenvalue weighted by atomic mass is 16.8. The zero-order valence-corrected chi connectivity index (χ0v) is 20.0. The fourth-order valence-corrected chi connectivity index (χ4v) is 4.37. The summed E-state index contributed by atoms with van der Waals surface area (Å²) < 4.78 is 41.7. The van der Waals surface area contributed by atoms with Crippen molar-refractivity contribution in [2.75, 3.05) is 20.8 Å². The van der Waals surface area contributed by atoms with Gasteiger partial charge in [0.15, 0.2) is 12.1 Å². The van der Waals surface area contributed by atoms with Gasteiger partial charge in [-0.1, -0.05) is 31.2 Å².